The molecule has 1 amide bonds. The van der Waals surface area contributed by atoms with Gasteiger partial charge in [-0.05, 0) is 29.7 Å². The van der Waals surface area contributed by atoms with Crippen LogP contribution < -0.4 is 16.2 Å². The molecule has 1 saturated heterocycles. The summed E-state index contributed by atoms with van der Waals surface area (Å²) in [5.41, 5.74) is 7.72. The van der Waals surface area contributed by atoms with Crippen LogP contribution in [0.4, 0.5) is 0 Å². The number of hydrogen-bond donors (Lipinski definition) is 3. The third kappa shape index (κ3) is 3.59. The molecule has 2 aliphatic rings. The highest BCUT2D eigenvalue weighted by Crippen LogP contribution is 2.35. The molecule has 1 aliphatic carbocycles. The molecule has 4 atom stereocenters. The maximum atomic E-state index is 13.0. The van der Waals surface area contributed by atoms with Gasteiger partial charge in [0, 0.05) is 12.6 Å². The minimum atomic E-state index is -0.0214. The molecule has 4 unspecified atom stereocenters. The van der Waals surface area contributed by atoms with Crippen LogP contribution >= 0.6 is 0 Å². The van der Waals surface area contributed by atoms with E-state index in [1.807, 2.05) is 18.2 Å². The number of nitrogens with one attached hydrogen (secondary N) is 3. The molecule has 3 rings (SSSR count). The van der Waals surface area contributed by atoms with Crippen molar-refractivity contribution in [1.82, 2.24) is 16.2 Å². The van der Waals surface area contributed by atoms with Gasteiger partial charge in [-0.3, -0.25) is 15.6 Å². The van der Waals surface area contributed by atoms with Crippen LogP contribution in [0.25, 0.3) is 0 Å². The summed E-state index contributed by atoms with van der Waals surface area (Å²) in [6.45, 7) is 7.54. The van der Waals surface area contributed by atoms with Gasteiger partial charge in [-0.25, -0.2) is 0 Å². The number of rotatable bonds is 3. The second-order valence-corrected chi connectivity index (χ2v) is 8.07. The van der Waals surface area contributed by atoms with Gasteiger partial charge in [0.2, 0.25) is 5.91 Å². The van der Waals surface area contributed by atoms with Crippen molar-refractivity contribution in [3.8, 4) is 0 Å². The molecule has 0 aromatic heterocycles. The Balaban J connectivity index is 1.76. The summed E-state index contributed by atoms with van der Waals surface area (Å²) < 4.78 is 0. The first-order valence-electron chi connectivity index (χ1n) is 8.80. The van der Waals surface area contributed by atoms with E-state index >= 15 is 0 Å². The van der Waals surface area contributed by atoms with Crippen LogP contribution in [0.15, 0.2) is 30.3 Å². The lowest BCUT2D eigenvalue weighted by Crippen LogP contribution is -2.49. The zero-order valence-corrected chi connectivity index (χ0v) is 14.4. The smallest absolute Gasteiger partial charge is 0.225 e. The third-order valence-electron chi connectivity index (χ3n) is 5.29. The van der Waals surface area contributed by atoms with Crippen molar-refractivity contribution in [3.05, 3.63) is 35.9 Å². The van der Waals surface area contributed by atoms with Gasteiger partial charge >= 0.3 is 0 Å². The Hall–Kier alpha value is -1.39. The van der Waals surface area contributed by atoms with Crippen LogP contribution in [0.3, 0.4) is 0 Å². The van der Waals surface area contributed by atoms with Crippen LogP contribution in [0.2, 0.25) is 0 Å². The SMILES string of the molecule is CC(C)(C)C(NC(=O)C1CCCC2CNNC21)c1ccccc1. The van der Waals surface area contributed by atoms with Crippen LogP contribution in [0.5, 0.6) is 0 Å². The van der Waals surface area contributed by atoms with Crippen molar-refractivity contribution >= 4 is 5.91 Å². The molecule has 4 heteroatoms. The van der Waals surface area contributed by atoms with E-state index in [9.17, 15) is 4.79 Å². The lowest BCUT2D eigenvalue weighted by atomic mass is 9.76. The molecular formula is C19H29N3O. The van der Waals surface area contributed by atoms with Gasteiger partial charge in [0.25, 0.3) is 0 Å². The Morgan fingerprint density at radius 2 is 1.96 bits per heavy atom. The Bertz CT molecular complexity index is 537. The second-order valence-electron chi connectivity index (χ2n) is 8.07. The Morgan fingerprint density at radius 1 is 1.22 bits per heavy atom. The predicted molar refractivity (Wildman–Crippen MR) is 92.5 cm³/mol. The van der Waals surface area contributed by atoms with Crippen molar-refractivity contribution < 1.29 is 4.79 Å². The first-order chi connectivity index (χ1) is 11.0. The van der Waals surface area contributed by atoms with Gasteiger partial charge in [0.15, 0.2) is 0 Å². The molecule has 2 fully saturated rings. The highest BCUT2D eigenvalue weighted by Gasteiger charge is 2.41. The number of carbonyl (C=O) groups excluding carboxylic acids is 1. The van der Waals surface area contributed by atoms with E-state index in [1.54, 1.807) is 0 Å². The maximum absolute atomic E-state index is 13.0. The molecule has 0 radical (unpaired) electrons. The van der Waals surface area contributed by atoms with E-state index in [4.69, 9.17) is 0 Å². The van der Waals surface area contributed by atoms with Crippen LogP contribution in [0, 0.1) is 17.3 Å². The standard InChI is InChI=1S/C19H29N3O/c1-19(2,3)17(13-8-5-4-6-9-13)21-18(23)15-11-7-10-14-12-20-22-16(14)15/h4-6,8-9,14-17,20,22H,7,10-12H2,1-3H3,(H,21,23). The molecule has 23 heavy (non-hydrogen) atoms. The van der Waals surface area contributed by atoms with Gasteiger partial charge in [0.05, 0.1) is 12.0 Å². The first kappa shape index (κ1) is 16.5. The molecule has 0 bridgehead atoms. The monoisotopic (exact) mass is 315 g/mol. The average Bonchev–Trinajstić information content (AvgIpc) is 3.00. The van der Waals surface area contributed by atoms with Crippen molar-refractivity contribution in [1.29, 1.82) is 0 Å². The van der Waals surface area contributed by atoms with Crippen molar-refractivity contribution in [2.75, 3.05) is 6.54 Å². The van der Waals surface area contributed by atoms with Gasteiger partial charge in [0.1, 0.15) is 0 Å². The topological polar surface area (TPSA) is 53.2 Å². The molecule has 1 aliphatic heterocycles. The molecule has 1 heterocycles. The van der Waals surface area contributed by atoms with Crippen molar-refractivity contribution in [3.63, 3.8) is 0 Å². The summed E-state index contributed by atoms with van der Waals surface area (Å²) in [5.74, 6) is 0.848. The minimum absolute atomic E-state index is 0.0214. The maximum Gasteiger partial charge on any atom is 0.225 e. The summed E-state index contributed by atoms with van der Waals surface area (Å²) in [5, 5.41) is 3.35. The fourth-order valence-corrected chi connectivity index (χ4v) is 4.03. The van der Waals surface area contributed by atoms with Gasteiger partial charge < -0.3 is 5.32 Å². The van der Waals surface area contributed by atoms with E-state index in [1.165, 1.54) is 12.0 Å². The molecule has 1 aromatic carbocycles. The normalized spacial score (nSPS) is 28.9. The summed E-state index contributed by atoms with van der Waals surface area (Å²) in [4.78, 5) is 13.0. The summed E-state index contributed by atoms with van der Waals surface area (Å²) in [6, 6.07) is 10.6. The molecule has 0 spiro atoms. The Morgan fingerprint density at radius 3 is 2.65 bits per heavy atom. The second kappa shape index (κ2) is 6.62. The summed E-state index contributed by atoms with van der Waals surface area (Å²) >= 11 is 0. The third-order valence-corrected chi connectivity index (χ3v) is 5.29. The summed E-state index contributed by atoms with van der Waals surface area (Å²) in [6.07, 6.45) is 3.34. The molecule has 126 valence electrons. The zero-order valence-electron chi connectivity index (χ0n) is 14.4. The van der Waals surface area contributed by atoms with Gasteiger partial charge in [-0.15, -0.1) is 0 Å². The molecular weight excluding hydrogens is 286 g/mol. The summed E-state index contributed by atoms with van der Waals surface area (Å²) in [7, 11) is 0. The number of carbonyl (C=O) groups is 1. The molecule has 4 nitrogen and oxygen atoms in total. The molecule has 3 N–H and O–H groups in total. The van der Waals surface area contributed by atoms with Crippen LogP contribution in [0.1, 0.15) is 51.6 Å². The van der Waals surface area contributed by atoms with Crippen LogP contribution in [-0.4, -0.2) is 18.5 Å². The van der Waals surface area contributed by atoms with E-state index in [2.05, 4.69) is 49.1 Å². The quantitative estimate of drug-likeness (QED) is 0.804. The fraction of sp³-hybridized carbons (Fsp3) is 0.632. The number of hydrazine groups is 1. The lowest BCUT2D eigenvalue weighted by Gasteiger charge is -2.36. The minimum Gasteiger partial charge on any atom is -0.348 e. The van der Waals surface area contributed by atoms with Gasteiger partial charge in [-0.2, -0.15) is 0 Å². The fourth-order valence-electron chi connectivity index (χ4n) is 4.03. The zero-order chi connectivity index (χ0) is 16.4. The Labute approximate surface area is 139 Å². The largest absolute Gasteiger partial charge is 0.348 e. The number of fused-ring (bicyclic) bond motifs is 1. The van der Waals surface area contributed by atoms with Crippen molar-refractivity contribution in [2.24, 2.45) is 17.3 Å². The van der Waals surface area contributed by atoms with Gasteiger partial charge in [-0.1, -0.05) is 57.5 Å². The average molecular weight is 315 g/mol. The van der Waals surface area contributed by atoms with E-state index in [0.29, 0.717) is 5.92 Å². The number of benzene rings is 1. The highest BCUT2D eigenvalue weighted by molar-refractivity contribution is 5.80. The first-order valence-corrected chi connectivity index (χ1v) is 8.80. The van der Waals surface area contributed by atoms with Crippen LogP contribution in [-0.2, 0) is 4.79 Å². The predicted octanol–water partition coefficient (Wildman–Crippen LogP) is 2.78. The highest BCUT2D eigenvalue weighted by atomic mass is 16.2. The number of hydrogen-bond acceptors (Lipinski definition) is 3. The van der Waals surface area contributed by atoms with E-state index in [-0.39, 0.29) is 29.3 Å². The molecule has 1 saturated carbocycles. The number of amides is 1. The van der Waals surface area contributed by atoms with E-state index in [0.717, 1.165) is 19.4 Å². The Kier molecular flexibility index (Phi) is 4.74. The lowest BCUT2D eigenvalue weighted by molar-refractivity contribution is -0.128. The van der Waals surface area contributed by atoms with Crippen molar-refractivity contribution in [2.45, 2.75) is 52.1 Å². The van der Waals surface area contributed by atoms with E-state index < -0.39 is 0 Å². The molecule has 1 aromatic rings.